The van der Waals surface area contributed by atoms with Crippen LogP contribution in [0.5, 0.6) is 0 Å². The van der Waals surface area contributed by atoms with Crippen LogP contribution in [0.1, 0.15) is 59.8 Å². The minimum absolute atomic E-state index is 0.0855. The number of hydrogen-bond acceptors (Lipinski definition) is 7. The third kappa shape index (κ3) is 5.41. The van der Waals surface area contributed by atoms with Crippen LogP contribution in [0, 0.1) is 18.3 Å². The number of nitriles is 1. The van der Waals surface area contributed by atoms with Crippen LogP contribution in [0.25, 0.3) is 11.0 Å². The SMILES string of the molecule is Cc1nc2nc(C(F)(F)F)c([C@H](C)Nc3ccc(C(=O)N4C[C@@H](C)O[C@@H](C)C4)cc3C#N)cc2c(=O)[nH]1. The third-order valence-electron chi connectivity index (χ3n) is 6.05. The van der Waals surface area contributed by atoms with Crippen LogP contribution in [0.15, 0.2) is 29.1 Å². The molecule has 0 bridgehead atoms. The van der Waals surface area contributed by atoms with Crippen molar-refractivity contribution in [1.82, 2.24) is 19.9 Å². The van der Waals surface area contributed by atoms with Gasteiger partial charge in [-0.2, -0.15) is 18.4 Å². The number of aromatic nitrogens is 3. The number of benzene rings is 1. The molecule has 3 atom stereocenters. The predicted molar refractivity (Wildman–Crippen MR) is 129 cm³/mol. The first-order valence-electron chi connectivity index (χ1n) is 11.6. The Labute approximate surface area is 210 Å². The Hall–Kier alpha value is -3.98. The fraction of sp³-hybridized carbons (Fsp3) is 0.400. The number of nitrogens with zero attached hydrogens (tertiary/aromatic N) is 4. The van der Waals surface area contributed by atoms with Gasteiger partial charge in [-0.05, 0) is 52.0 Å². The molecule has 1 aromatic carbocycles. The molecule has 12 heteroatoms. The summed E-state index contributed by atoms with van der Waals surface area (Å²) < 4.78 is 47.3. The van der Waals surface area contributed by atoms with Gasteiger partial charge in [0.25, 0.3) is 11.5 Å². The molecule has 0 unspecified atom stereocenters. The van der Waals surface area contributed by atoms with Gasteiger partial charge in [0.2, 0.25) is 0 Å². The van der Waals surface area contributed by atoms with E-state index in [1.807, 2.05) is 19.9 Å². The highest BCUT2D eigenvalue weighted by Gasteiger charge is 2.37. The molecule has 3 aromatic rings. The summed E-state index contributed by atoms with van der Waals surface area (Å²) in [6, 6.07) is 6.52. The number of pyridine rings is 1. The van der Waals surface area contributed by atoms with Gasteiger partial charge in [0, 0.05) is 24.2 Å². The van der Waals surface area contributed by atoms with E-state index in [4.69, 9.17) is 4.74 Å². The number of carbonyl (C=O) groups excluding carboxylic acids is 1. The molecule has 2 aromatic heterocycles. The van der Waals surface area contributed by atoms with Gasteiger partial charge in [0.1, 0.15) is 11.9 Å². The Kier molecular flexibility index (Phi) is 6.92. The van der Waals surface area contributed by atoms with Gasteiger partial charge in [-0.3, -0.25) is 9.59 Å². The fourth-order valence-corrected chi connectivity index (χ4v) is 4.48. The number of hydrogen-bond donors (Lipinski definition) is 2. The number of H-pyrrole nitrogens is 1. The smallest absolute Gasteiger partial charge is 0.377 e. The number of nitrogens with one attached hydrogen (secondary N) is 2. The van der Waals surface area contributed by atoms with Crippen LogP contribution in [0.4, 0.5) is 18.9 Å². The molecule has 194 valence electrons. The lowest BCUT2D eigenvalue weighted by atomic mass is 10.0. The van der Waals surface area contributed by atoms with Gasteiger partial charge in [-0.25, -0.2) is 9.97 Å². The molecule has 37 heavy (non-hydrogen) atoms. The molecule has 1 fully saturated rings. The van der Waals surface area contributed by atoms with Gasteiger partial charge in [0.15, 0.2) is 11.3 Å². The molecule has 0 saturated carbocycles. The number of carbonyl (C=O) groups is 1. The first kappa shape index (κ1) is 26.1. The summed E-state index contributed by atoms with van der Waals surface area (Å²) in [4.78, 5) is 37.0. The van der Waals surface area contributed by atoms with E-state index >= 15 is 0 Å². The first-order valence-corrected chi connectivity index (χ1v) is 11.6. The summed E-state index contributed by atoms with van der Waals surface area (Å²) in [6.07, 6.45) is -5.07. The van der Waals surface area contributed by atoms with E-state index in [9.17, 15) is 28.0 Å². The van der Waals surface area contributed by atoms with Crippen LogP contribution < -0.4 is 10.9 Å². The number of halogens is 3. The molecule has 4 rings (SSSR count). The Balaban J connectivity index is 1.67. The normalized spacial score (nSPS) is 18.9. The molecule has 1 amide bonds. The highest BCUT2D eigenvalue weighted by molar-refractivity contribution is 5.95. The van der Waals surface area contributed by atoms with Crippen molar-refractivity contribution < 1.29 is 22.7 Å². The molecule has 0 spiro atoms. The molecular weight excluding hydrogens is 489 g/mol. The van der Waals surface area contributed by atoms with Gasteiger partial charge < -0.3 is 19.9 Å². The Bertz CT molecular complexity index is 1450. The van der Waals surface area contributed by atoms with Gasteiger partial charge >= 0.3 is 6.18 Å². The number of fused-ring (bicyclic) bond motifs is 1. The first-order chi connectivity index (χ1) is 17.4. The molecule has 3 heterocycles. The predicted octanol–water partition coefficient (Wildman–Crippen LogP) is 3.94. The number of anilines is 1. The van der Waals surface area contributed by atoms with Crippen molar-refractivity contribution in [2.75, 3.05) is 18.4 Å². The third-order valence-corrected chi connectivity index (χ3v) is 6.05. The van der Waals surface area contributed by atoms with Crippen molar-refractivity contribution in [2.24, 2.45) is 0 Å². The maximum Gasteiger partial charge on any atom is 0.433 e. The topological polar surface area (TPSA) is 124 Å². The molecule has 9 nitrogen and oxygen atoms in total. The van der Waals surface area contributed by atoms with Gasteiger partial charge in [0.05, 0.1) is 34.9 Å². The average Bonchev–Trinajstić information content (AvgIpc) is 2.81. The van der Waals surface area contributed by atoms with E-state index in [1.54, 1.807) is 4.90 Å². The van der Waals surface area contributed by atoms with E-state index in [0.29, 0.717) is 13.1 Å². The summed E-state index contributed by atoms with van der Waals surface area (Å²) in [5.41, 5.74) is -1.77. The minimum Gasteiger partial charge on any atom is -0.377 e. The van der Waals surface area contributed by atoms with Crippen LogP contribution in [0.2, 0.25) is 0 Å². The van der Waals surface area contributed by atoms with Crippen molar-refractivity contribution >= 4 is 22.6 Å². The Morgan fingerprint density at radius 1 is 1.24 bits per heavy atom. The van der Waals surface area contributed by atoms with Gasteiger partial charge in [-0.15, -0.1) is 0 Å². The molecule has 0 aliphatic carbocycles. The number of aryl methyl sites for hydroxylation is 1. The van der Waals surface area contributed by atoms with Crippen molar-refractivity contribution in [3.05, 3.63) is 62.8 Å². The fourth-order valence-electron chi connectivity index (χ4n) is 4.48. The molecule has 1 aliphatic heterocycles. The lowest BCUT2D eigenvalue weighted by Crippen LogP contribution is -2.48. The zero-order chi connectivity index (χ0) is 27.1. The van der Waals surface area contributed by atoms with Crippen molar-refractivity contribution in [1.29, 1.82) is 5.26 Å². The monoisotopic (exact) mass is 514 g/mol. The van der Waals surface area contributed by atoms with E-state index in [1.165, 1.54) is 32.0 Å². The quantitative estimate of drug-likeness (QED) is 0.541. The van der Waals surface area contributed by atoms with E-state index in [0.717, 1.165) is 6.07 Å². The van der Waals surface area contributed by atoms with Crippen molar-refractivity contribution in [2.45, 2.75) is 52.1 Å². The molecule has 2 N–H and O–H groups in total. The lowest BCUT2D eigenvalue weighted by Gasteiger charge is -2.35. The summed E-state index contributed by atoms with van der Waals surface area (Å²) in [7, 11) is 0. The Morgan fingerprint density at radius 3 is 2.54 bits per heavy atom. The maximum atomic E-state index is 13.9. The summed E-state index contributed by atoms with van der Waals surface area (Å²) >= 11 is 0. The highest BCUT2D eigenvalue weighted by Crippen LogP contribution is 2.36. The number of alkyl halides is 3. The second-order valence-corrected chi connectivity index (χ2v) is 9.15. The van der Waals surface area contributed by atoms with Crippen LogP contribution in [-0.2, 0) is 10.9 Å². The van der Waals surface area contributed by atoms with E-state index in [2.05, 4.69) is 20.3 Å². The van der Waals surface area contributed by atoms with E-state index < -0.39 is 23.5 Å². The second kappa shape index (κ2) is 9.82. The number of aromatic amines is 1. The molecular formula is C25H25F3N6O3. The zero-order valence-corrected chi connectivity index (χ0v) is 20.6. The number of rotatable bonds is 4. The average molecular weight is 515 g/mol. The van der Waals surface area contributed by atoms with Crippen LogP contribution in [-0.4, -0.2) is 51.1 Å². The summed E-state index contributed by atoms with van der Waals surface area (Å²) in [5.74, 6) is -0.121. The van der Waals surface area contributed by atoms with Crippen LogP contribution >= 0.6 is 0 Å². The van der Waals surface area contributed by atoms with Gasteiger partial charge in [-0.1, -0.05) is 0 Å². The Morgan fingerprint density at radius 2 is 1.92 bits per heavy atom. The number of amides is 1. The number of morpholine rings is 1. The zero-order valence-electron chi connectivity index (χ0n) is 20.6. The minimum atomic E-state index is -4.81. The molecule has 0 radical (unpaired) electrons. The summed E-state index contributed by atoms with van der Waals surface area (Å²) in [6.45, 7) is 7.46. The number of ether oxygens (including phenoxy) is 1. The molecule has 1 aliphatic rings. The standard InChI is InChI=1S/C25H25F3N6O3/c1-12-10-34(11-13(2)37-12)24(36)16-5-6-20(17(7-16)9-29)30-14(3)18-8-19-22(31-15(4)32-23(19)35)33-21(18)25(26,27)28/h5-8,12-14,30H,10-11H2,1-4H3,(H,31,32,33,35)/t12-,13+,14-/m0/s1. The maximum absolute atomic E-state index is 13.9. The highest BCUT2D eigenvalue weighted by atomic mass is 19.4. The largest absolute Gasteiger partial charge is 0.433 e. The summed E-state index contributed by atoms with van der Waals surface area (Å²) in [5, 5.41) is 12.5. The van der Waals surface area contributed by atoms with Crippen LogP contribution in [0.3, 0.4) is 0 Å². The second-order valence-electron chi connectivity index (χ2n) is 9.15. The van der Waals surface area contributed by atoms with E-state index in [-0.39, 0.29) is 57.4 Å². The van der Waals surface area contributed by atoms with Crippen molar-refractivity contribution in [3.8, 4) is 6.07 Å². The molecule has 1 saturated heterocycles. The lowest BCUT2D eigenvalue weighted by molar-refractivity contribution is -0.141. The van der Waals surface area contributed by atoms with Crippen molar-refractivity contribution in [3.63, 3.8) is 0 Å².